The van der Waals surface area contributed by atoms with E-state index in [0.29, 0.717) is 0 Å². The fourth-order valence-electron chi connectivity index (χ4n) is 2.56. The van der Waals surface area contributed by atoms with Gasteiger partial charge < -0.3 is 14.4 Å². The van der Waals surface area contributed by atoms with Gasteiger partial charge in [0.1, 0.15) is 5.75 Å². The molecule has 1 N–H and O–H groups in total. The standard InChI is InChI=1S/C13H15NO2/c1-8-5-10-9(7-13(8)16-2)6-11-12(15)3-4-14(10)11/h5-7,12,15H,3-4H2,1-2H3/t12-/m1/s1. The van der Waals surface area contributed by atoms with Gasteiger partial charge in [0.25, 0.3) is 0 Å². The van der Waals surface area contributed by atoms with Crippen LogP contribution in [0.2, 0.25) is 0 Å². The molecule has 1 aromatic heterocycles. The predicted octanol–water partition coefficient (Wildman–Crippen LogP) is 2.40. The van der Waals surface area contributed by atoms with Gasteiger partial charge in [-0.15, -0.1) is 0 Å². The minimum Gasteiger partial charge on any atom is -0.496 e. The van der Waals surface area contributed by atoms with Gasteiger partial charge in [-0.25, -0.2) is 0 Å². The first-order valence-corrected chi connectivity index (χ1v) is 5.56. The van der Waals surface area contributed by atoms with Crippen molar-refractivity contribution >= 4 is 10.9 Å². The highest BCUT2D eigenvalue weighted by molar-refractivity contribution is 5.84. The fourth-order valence-corrected chi connectivity index (χ4v) is 2.56. The molecule has 0 saturated heterocycles. The summed E-state index contributed by atoms with van der Waals surface area (Å²) in [6, 6.07) is 6.24. The molecule has 2 heterocycles. The number of benzene rings is 1. The molecular weight excluding hydrogens is 202 g/mol. The van der Waals surface area contributed by atoms with Crippen molar-refractivity contribution in [3.63, 3.8) is 0 Å². The average molecular weight is 217 g/mol. The first-order chi connectivity index (χ1) is 7.70. The number of hydrogen-bond donors (Lipinski definition) is 1. The molecule has 1 atom stereocenters. The number of methoxy groups -OCH3 is 1. The summed E-state index contributed by atoms with van der Waals surface area (Å²) < 4.78 is 7.51. The summed E-state index contributed by atoms with van der Waals surface area (Å²) in [7, 11) is 1.69. The van der Waals surface area contributed by atoms with Crippen molar-refractivity contribution in [2.75, 3.05) is 7.11 Å². The molecule has 3 nitrogen and oxygen atoms in total. The van der Waals surface area contributed by atoms with Crippen molar-refractivity contribution in [3.8, 4) is 5.75 Å². The van der Waals surface area contributed by atoms with Crippen molar-refractivity contribution in [1.82, 2.24) is 4.57 Å². The van der Waals surface area contributed by atoms with Crippen molar-refractivity contribution in [2.45, 2.75) is 26.0 Å². The Labute approximate surface area is 94.3 Å². The zero-order valence-corrected chi connectivity index (χ0v) is 9.53. The molecule has 0 saturated carbocycles. The van der Waals surface area contributed by atoms with E-state index in [0.717, 1.165) is 35.4 Å². The van der Waals surface area contributed by atoms with Crippen molar-refractivity contribution in [3.05, 3.63) is 29.5 Å². The molecule has 3 heteroatoms. The maximum atomic E-state index is 9.83. The molecule has 1 aromatic carbocycles. The Morgan fingerprint density at radius 2 is 2.19 bits per heavy atom. The van der Waals surface area contributed by atoms with Crippen LogP contribution in [0.4, 0.5) is 0 Å². The normalized spacial score (nSPS) is 19.1. The molecule has 0 amide bonds. The van der Waals surface area contributed by atoms with Crippen LogP contribution in [0.3, 0.4) is 0 Å². The number of rotatable bonds is 1. The topological polar surface area (TPSA) is 34.4 Å². The van der Waals surface area contributed by atoms with Gasteiger partial charge in [-0.3, -0.25) is 0 Å². The maximum Gasteiger partial charge on any atom is 0.122 e. The highest BCUT2D eigenvalue weighted by Gasteiger charge is 2.22. The van der Waals surface area contributed by atoms with Crippen LogP contribution in [0.1, 0.15) is 23.8 Å². The van der Waals surface area contributed by atoms with E-state index < -0.39 is 0 Å². The summed E-state index contributed by atoms with van der Waals surface area (Å²) in [6.07, 6.45) is 0.523. The molecule has 1 aliphatic heterocycles. The molecular formula is C13H15NO2. The monoisotopic (exact) mass is 217 g/mol. The number of ether oxygens (including phenoxy) is 1. The third-order valence-corrected chi connectivity index (χ3v) is 3.42. The van der Waals surface area contributed by atoms with Gasteiger partial charge in [-0.05, 0) is 37.1 Å². The Hall–Kier alpha value is -1.48. The number of hydrogen-bond acceptors (Lipinski definition) is 2. The van der Waals surface area contributed by atoms with Crippen molar-refractivity contribution in [2.24, 2.45) is 0 Å². The van der Waals surface area contributed by atoms with Crippen LogP contribution < -0.4 is 4.74 Å². The second-order valence-electron chi connectivity index (χ2n) is 4.41. The smallest absolute Gasteiger partial charge is 0.122 e. The SMILES string of the molecule is COc1cc2cc3n(c2cc1C)CC[C@H]3O. The molecule has 84 valence electrons. The number of aryl methyl sites for hydroxylation is 2. The van der Waals surface area contributed by atoms with Gasteiger partial charge in [0, 0.05) is 23.1 Å². The highest BCUT2D eigenvalue weighted by Crippen LogP contribution is 2.35. The molecule has 2 aromatic rings. The van der Waals surface area contributed by atoms with Crippen LogP contribution in [-0.2, 0) is 6.54 Å². The summed E-state index contributed by atoms with van der Waals surface area (Å²) >= 11 is 0. The zero-order chi connectivity index (χ0) is 11.3. The minimum atomic E-state index is -0.307. The van der Waals surface area contributed by atoms with Gasteiger partial charge >= 0.3 is 0 Å². The Morgan fingerprint density at radius 1 is 1.38 bits per heavy atom. The van der Waals surface area contributed by atoms with E-state index in [1.54, 1.807) is 7.11 Å². The summed E-state index contributed by atoms with van der Waals surface area (Å²) in [5.41, 5.74) is 3.37. The Morgan fingerprint density at radius 3 is 2.94 bits per heavy atom. The molecule has 16 heavy (non-hydrogen) atoms. The predicted molar refractivity (Wildman–Crippen MR) is 62.8 cm³/mol. The molecule has 3 rings (SSSR count). The van der Waals surface area contributed by atoms with E-state index in [-0.39, 0.29) is 6.10 Å². The maximum absolute atomic E-state index is 9.83. The Bertz CT molecular complexity index is 557. The summed E-state index contributed by atoms with van der Waals surface area (Å²) in [4.78, 5) is 0. The summed E-state index contributed by atoms with van der Waals surface area (Å²) in [5, 5.41) is 11.0. The molecule has 0 spiro atoms. The fraction of sp³-hybridized carbons (Fsp3) is 0.385. The first-order valence-electron chi connectivity index (χ1n) is 5.56. The third kappa shape index (κ3) is 1.18. The summed E-state index contributed by atoms with van der Waals surface area (Å²) in [5.74, 6) is 0.909. The van der Waals surface area contributed by atoms with Crippen LogP contribution in [0.25, 0.3) is 10.9 Å². The lowest BCUT2D eigenvalue weighted by Crippen LogP contribution is -1.93. The van der Waals surface area contributed by atoms with E-state index in [2.05, 4.69) is 16.7 Å². The van der Waals surface area contributed by atoms with E-state index in [1.165, 1.54) is 5.52 Å². The quantitative estimate of drug-likeness (QED) is 0.796. The lowest BCUT2D eigenvalue weighted by molar-refractivity contribution is 0.180. The van der Waals surface area contributed by atoms with Gasteiger partial charge in [0.05, 0.1) is 13.2 Å². The van der Waals surface area contributed by atoms with E-state index >= 15 is 0 Å². The van der Waals surface area contributed by atoms with Crippen molar-refractivity contribution < 1.29 is 9.84 Å². The Kier molecular flexibility index (Phi) is 1.98. The van der Waals surface area contributed by atoms with E-state index in [1.807, 2.05) is 13.0 Å². The van der Waals surface area contributed by atoms with Crippen LogP contribution in [0, 0.1) is 6.92 Å². The minimum absolute atomic E-state index is 0.307. The molecule has 0 aliphatic carbocycles. The van der Waals surface area contributed by atoms with Crippen molar-refractivity contribution in [1.29, 1.82) is 0 Å². The number of aliphatic hydroxyl groups excluding tert-OH is 1. The first kappa shape index (κ1) is 9.73. The lowest BCUT2D eigenvalue weighted by Gasteiger charge is -2.06. The molecule has 0 bridgehead atoms. The molecule has 0 fully saturated rings. The van der Waals surface area contributed by atoms with Gasteiger partial charge in [-0.1, -0.05) is 0 Å². The van der Waals surface area contributed by atoms with Crippen LogP contribution in [0.15, 0.2) is 18.2 Å². The number of fused-ring (bicyclic) bond motifs is 3. The van der Waals surface area contributed by atoms with Gasteiger partial charge in [-0.2, -0.15) is 0 Å². The summed E-state index contributed by atoms with van der Waals surface area (Å²) in [6.45, 7) is 2.95. The number of aromatic nitrogens is 1. The van der Waals surface area contributed by atoms with E-state index in [9.17, 15) is 5.11 Å². The van der Waals surface area contributed by atoms with Gasteiger partial charge in [0.15, 0.2) is 0 Å². The van der Waals surface area contributed by atoms with Crippen LogP contribution in [0.5, 0.6) is 5.75 Å². The van der Waals surface area contributed by atoms with E-state index in [4.69, 9.17) is 4.74 Å². The second kappa shape index (κ2) is 3.25. The van der Waals surface area contributed by atoms with Crippen LogP contribution >= 0.6 is 0 Å². The molecule has 1 aliphatic rings. The Balaban J connectivity index is 2.29. The number of nitrogens with zero attached hydrogens (tertiary/aromatic N) is 1. The number of aliphatic hydroxyl groups is 1. The molecule has 0 radical (unpaired) electrons. The average Bonchev–Trinajstić information content (AvgIpc) is 2.79. The third-order valence-electron chi connectivity index (χ3n) is 3.42. The second-order valence-corrected chi connectivity index (χ2v) is 4.41. The molecule has 0 unspecified atom stereocenters. The lowest BCUT2D eigenvalue weighted by atomic mass is 10.1. The highest BCUT2D eigenvalue weighted by atomic mass is 16.5. The van der Waals surface area contributed by atoms with Gasteiger partial charge in [0.2, 0.25) is 0 Å². The largest absolute Gasteiger partial charge is 0.496 e. The van der Waals surface area contributed by atoms with Crippen LogP contribution in [-0.4, -0.2) is 16.8 Å². The zero-order valence-electron chi connectivity index (χ0n) is 9.53.